The minimum atomic E-state index is -0.786. The standard InChI is InChI=1S/C22H12Br2N4O6/c23-17-9-13(8-14(12-25)22(29)26-15-4-2-1-3-5-15)10-18(24)21(17)34-20-7-6-16(27(30)31)11-19(20)28(32)33/h1-11H,(H,26,29)/b14-8+. The number of nitro benzene ring substituents is 2. The number of nitriles is 1. The summed E-state index contributed by atoms with van der Waals surface area (Å²) >= 11 is 6.62. The molecule has 0 atom stereocenters. The van der Waals surface area contributed by atoms with E-state index in [0.717, 1.165) is 18.2 Å². The summed E-state index contributed by atoms with van der Waals surface area (Å²) in [6.45, 7) is 0. The first kappa shape index (κ1) is 24.6. The van der Waals surface area contributed by atoms with Gasteiger partial charge in [0.1, 0.15) is 11.6 Å². The highest BCUT2D eigenvalue weighted by Gasteiger charge is 2.23. The number of hydrogen-bond donors (Lipinski definition) is 1. The lowest BCUT2D eigenvalue weighted by Crippen LogP contribution is -2.13. The number of benzene rings is 3. The van der Waals surface area contributed by atoms with E-state index in [9.17, 15) is 30.3 Å². The molecule has 34 heavy (non-hydrogen) atoms. The molecule has 12 heteroatoms. The van der Waals surface area contributed by atoms with Crippen molar-refractivity contribution < 1.29 is 19.4 Å². The zero-order valence-corrected chi connectivity index (χ0v) is 20.1. The molecule has 0 aliphatic rings. The van der Waals surface area contributed by atoms with Crippen LogP contribution in [0.1, 0.15) is 5.56 Å². The van der Waals surface area contributed by atoms with Gasteiger partial charge in [0.15, 0.2) is 5.75 Å². The van der Waals surface area contributed by atoms with Crippen molar-refractivity contribution in [2.24, 2.45) is 0 Å². The molecule has 3 rings (SSSR count). The Morgan fingerprint density at radius 3 is 2.21 bits per heavy atom. The summed E-state index contributed by atoms with van der Waals surface area (Å²) in [4.78, 5) is 33.2. The molecule has 0 bridgehead atoms. The van der Waals surface area contributed by atoms with Crippen LogP contribution in [0, 0.1) is 31.6 Å². The van der Waals surface area contributed by atoms with Crippen LogP contribution >= 0.6 is 31.9 Å². The summed E-state index contributed by atoms with van der Waals surface area (Å²) in [6, 6.07) is 16.6. The minimum absolute atomic E-state index is 0.151. The van der Waals surface area contributed by atoms with Crippen LogP contribution in [0.3, 0.4) is 0 Å². The third-order valence-corrected chi connectivity index (χ3v) is 5.47. The van der Waals surface area contributed by atoms with Gasteiger partial charge < -0.3 is 10.1 Å². The number of halogens is 2. The van der Waals surface area contributed by atoms with E-state index < -0.39 is 27.1 Å². The maximum atomic E-state index is 12.4. The lowest BCUT2D eigenvalue weighted by Gasteiger charge is -2.11. The van der Waals surface area contributed by atoms with Crippen LogP contribution in [0.2, 0.25) is 0 Å². The van der Waals surface area contributed by atoms with Gasteiger partial charge in [-0.1, -0.05) is 18.2 Å². The molecule has 170 valence electrons. The van der Waals surface area contributed by atoms with E-state index in [-0.39, 0.29) is 17.1 Å². The Balaban J connectivity index is 1.91. The molecule has 0 aliphatic carbocycles. The highest BCUT2D eigenvalue weighted by Crippen LogP contribution is 2.41. The number of rotatable bonds is 7. The second-order valence-corrected chi connectivity index (χ2v) is 8.28. The summed E-state index contributed by atoms with van der Waals surface area (Å²) in [6.07, 6.45) is 1.37. The topological polar surface area (TPSA) is 148 Å². The van der Waals surface area contributed by atoms with Gasteiger partial charge in [0.25, 0.3) is 11.6 Å². The van der Waals surface area contributed by atoms with Crippen LogP contribution in [0.15, 0.2) is 75.2 Å². The summed E-state index contributed by atoms with van der Waals surface area (Å²) in [5.41, 5.74) is -0.187. The second-order valence-electron chi connectivity index (χ2n) is 6.57. The molecule has 0 saturated carbocycles. The Kier molecular flexibility index (Phi) is 7.72. The number of nitrogens with one attached hydrogen (secondary N) is 1. The largest absolute Gasteiger partial charge is 0.448 e. The molecule has 1 N–H and O–H groups in total. The van der Waals surface area contributed by atoms with Crippen molar-refractivity contribution in [3.05, 3.63) is 101 Å². The second kappa shape index (κ2) is 10.7. The van der Waals surface area contributed by atoms with Gasteiger partial charge in [-0.2, -0.15) is 5.26 Å². The van der Waals surface area contributed by atoms with Crippen molar-refractivity contribution in [2.75, 3.05) is 5.32 Å². The zero-order valence-electron chi connectivity index (χ0n) is 16.9. The molecule has 10 nitrogen and oxygen atoms in total. The number of hydrogen-bond acceptors (Lipinski definition) is 7. The quantitative estimate of drug-likeness (QED) is 0.146. The number of para-hydroxylation sites is 1. The van der Waals surface area contributed by atoms with Crippen LogP contribution < -0.4 is 10.1 Å². The fourth-order valence-corrected chi connectivity index (χ4v) is 4.14. The summed E-state index contributed by atoms with van der Waals surface area (Å²) < 4.78 is 6.35. The van der Waals surface area contributed by atoms with E-state index >= 15 is 0 Å². The van der Waals surface area contributed by atoms with Gasteiger partial charge >= 0.3 is 5.69 Å². The normalized spacial score (nSPS) is 10.8. The number of nitro groups is 2. The molecule has 0 spiro atoms. The van der Waals surface area contributed by atoms with Crippen molar-refractivity contribution in [3.63, 3.8) is 0 Å². The lowest BCUT2D eigenvalue weighted by molar-refractivity contribution is -0.394. The zero-order chi connectivity index (χ0) is 24.8. The first-order valence-corrected chi connectivity index (χ1v) is 10.9. The number of amides is 1. The van der Waals surface area contributed by atoms with Gasteiger partial charge in [-0.05, 0) is 73.8 Å². The monoisotopic (exact) mass is 586 g/mol. The Morgan fingerprint density at radius 2 is 1.65 bits per heavy atom. The van der Waals surface area contributed by atoms with E-state index in [0.29, 0.717) is 20.2 Å². The van der Waals surface area contributed by atoms with E-state index in [2.05, 4.69) is 37.2 Å². The summed E-state index contributed by atoms with van der Waals surface area (Å²) in [5, 5.41) is 34.3. The minimum Gasteiger partial charge on any atom is -0.448 e. The number of non-ortho nitro benzene ring substituents is 1. The van der Waals surface area contributed by atoms with E-state index in [1.54, 1.807) is 42.5 Å². The Morgan fingerprint density at radius 1 is 1.00 bits per heavy atom. The maximum absolute atomic E-state index is 12.4. The van der Waals surface area contributed by atoms with Crippen molar-refractivity contribution >= 4 is 60.9 Å². The molecule has 0 radical (unpaired) electrons. The van der Waals surface area contributed by atoms with Crippen molar-refractivity contribution in [1.29, 1.82) is 5.26 Å². The highest BCUT2D eigenvalue weighted by molar-refractivity contribution is 9.11. The Labute approximate surface area is 209 Å². The van der Waals surface area contributed by atoms with Crippen LogP contribution in [0.25, 0.3) is 6.08 Å². The number of carbonyl (C=O) groups is 1. The van der Waals surface area contributed by atoms with E-state index in [1.165, 1.54) is 6.08 Å². The van der Waals surface area contributed by atoms with Gasteiger partial charge in [-0.3, -0.25) is 25.0 Å². The van der Waals surface area contributed by atoms with Gasteiger partial charge in [-0.15, -0.1) is 0 Å². The molecule has 0 aromatic heterocycles. The van der Waals surface area contributed by atoms with Crippen LogP contribution in [-0.2, 0) is 4.79 Å². The lowest BCUT2D eigenvalue weighted by atomic mass is 10.1. The van der Waals surface area contributed by atoms with Gasteiger partial charge in [0, 0.05) is 11.8 Å². The third-order valence-electron chi connectivity index (χ3n) is 4.29. The van der Waals surface area contributed by atoms with Crippen LogP contribution in [0.4, 0.5) is 17.1 Å². The first-order valence-electron chi connectivity index (χ1n) is 9.27. The van der Waals surface area contributed by atoms with E-state index in [4.69, 9.17) is 4.74 Å². The van der Waals surface area contributed by atoms with Gasteiger partial charge in [-0.25, -0.2) is 0 Å². The number of anilines is 1. The smallest absolute Gasteiger partial charge is 0.318 e. The molecular weight excluding hydrogens is 576 g/mol. The first-order chi connectivity index (χ1) is 16.2. The van der Waals surface area contributed by atoms with Crippen molar-refractivity contribution in [2.45, 2.75) is 0 Å². The van der Waals surface area contributed by atoms with Crippen molar-refractivity contribution in [1.82, 2.24) is 0 Å². The predicted molar refractivity (Wildman–Crippen MR) is 130 cm³/mol. The third kappa shape index (κ3) is 5.83. The van der Waals surface area contributed by atoms with Gasteiger partial charge in [0.2, 0.25) is 5.75 Å². The fourth-order valence-electron chi connectivity index (χ4n) is 2.75. The molecular formula is C22H12Br2N4O6. The average Bonchev–Trinajstić information content (AvgIpc) is 2.80. The average molecular weight is 588 g/mol. The molecule has 3 aromatic rings. The summed E-state index contributed by atoms with van der Waals surface area (Å²) in [5.74, 6) is -0.649. The molecule has 0 unspecified atom stereocenters. The fraction of sp³-hybridized carbons (Fsp3) is 0. The van der Waals surface area contributed by atoms with Crippen LogP contribution in [-0.4, -0.2) is 15.8 Å². The van der Waals surface area contributed by atoms with E-state index in [1.807, 2.05) is 6.07 Å². The van der Waals surface area contributed by atoms with Crippen molar-refractivity contribution in [3.8, 4) is 17.6 Å². The highest BCUT2D eigenvalue weighted by atomic mass is 79.9. The summed E-state index contributed by atoms with van der Waals surface area (Å²) in [7, 11) is 0. The molecule has 0 fully saturated rings. The number of ether oxygens (including phenoxy) is 1. The Hall–Kier alpha value is -4.08. The SMILES string of the molecule is N#C/C(=C\c1cc(Br)c(Oc2ccc([N+](=O)[O-])cc2[N+](=O)[O-])c(Br)c1)C(=O)Nc1ccccc1. The maximum Gasteiger partial charge on any atom is 0.318 e. The van der Waals surface area contributed by atoms with Crippen LogP contribution in [0.5, 0.6) is 11.5 Å². The Bertz CT molecular complexity index is 1350. The molecule has 3 aromatic carbocycles. The predicted octanol–water partition coefficient (Wildman–Crippen LogP) is 6.37. The molecule has 0 aliphatic heterocycles. The molecule has 1 amide bonds. The number of carbonyl (C=O) groups excluding carboxylic acids is 1. The number of nitrogens with zero attached hydrogens (tertiary/aromatic N) is 3. The van der Waals surface area contributed by atoms with Gasteiger partial charge in [0.05, 0.1) is 24.9 Å². The molecule has 0 saturated heterocycles. The molecule has 0 heterocycles.